The summed E-state index contributed by atoms with van der Waals surface area (Å²) in [6.45, 7) is 57.6. The highest BCUT2D eigenvalue weighted by Gasteiger charge is 2.51. The SMILES string of the molecule is CC(C)C#C[Si](C)(C)C.CC(C)C#C[Si](C)(C)C.CCc1cccc(CCO[Si](c2ccccc2)(c2ccccc2)C(C)(C)C)c1OC(C)CO.CCc1cccc(CCO[Si](c2ccccc2)(c2ccccc2)C(C)(C)C)c1OC(C)CO[Si](C)(C)C(C)(C)C.O=C=O.O=C=O. The van der Waals surface area contributed by atoms with Crippen LogP contribution in [-0.4, -0.2) is 97.1 Å². The Hall–Kier alpha value is -6.28. The topological polar surface area (TPSA) is 135 Å². The fraction of sp³-hybridized carbons (Fsp3) is 0.488. The van der Waals surface area contributed by atoms with Crippen molar-refractivity contribution in [3.05, 3.63) is 180 Å². The molecule has 0 spiro atoms. The van der Waals surface area contributed by atoms with Gasteiger partial charge in [-0.2, -0.15) is 19.2 Å². The smallest absolute Gasteiger partial charge is 0.373 e. The van der Waals surface area contributed by atoms with Gasteiger partial charge in [0.05, 0.1) is 13.2 Å². The first-order valence-corrected chi connectivity index (χ1v) is 48.3. The molecule has 0 radical (unpaired) electrons. The van der Waals surface area contributed by atoms with Crippen molar-refractivity contribution in [1.82, 2.24) is 0 Å². The lowest BCUT2D eigenvalue weighted by Gasteiger charge is -2.43. The summed E-state index contributed by atoms with van der Waals surface area (Å²) in [7, 11) is -9.15. The summed E-state index contributed by atoms with van der Waals surface area (Å²) in [5.74, 6) is 9.37. The van der Waals surface area contributed by atoms with Crippen molar-refractivity contribution in [1.29, 1.82) is 0 Å². The van der Waals surface area contributed by atoms with Crippen molar-refractivity contribution in [2.75, 3.05) is 26.4 Å². The molecule has 0 aliphatic carbocycles. The molecule has 0 saturated carbocycles. The highest BCUT2D eigenvalue weighted by atomic mass is 28.4. The number of ether oxygens (including phenoxy) is 2. The predicted molar refractivity (Wildman–Crippen MR) is 419 cm³/mol. The van der Waals surface area contributed by atoms with Gasteiger partial charge in [-0.25, -0.2) is 0 Å². The van der Waals surface area contributed by atoms with Crippen molar-refractivity contribution >= 4 is 74.1 Å². The maximum atomic E-state index is 9.53. The van der Waals surface area contributed by atoms with Crippen LogP contribution in [0.5, 0.6) is 11.5 Å². The molecule has 0 aliphatic heterocycles. The van der Waals surface area contributed by atoms with Crippen LogP contribution < -0.4 is 30.2 Å². The van der Waals surface area contributed by atoms with Gasteiger partial charge < -0.3 is 27.9 Å². The largest absolute Gasteiger partial charge is 0.488 e. The van der Waals surface area contributed by atoms with E-state index in [4.69, 9.17) is 41.9 Å². The molecular weight excluding hydrogens is 1290 g/mol. The Kier molecular flexibility index (Phi) is 39.0. The number of aliphatic hydroxyl groups excluding tert-OH is 1. The Labute approximate surface area is 593 Å². The molecule has 0 aromatic heterocycles. The van der Waals surface area contributed by atoms with E-state index in [2.05, 4.69) is 344 Å². The highest BCUT2D eigenvalue weighted by Crippen LogP contribution is 2.40. The van der Waals surface area contributed by atoms with E-state index in [0.717, 1.165) is 42.7 Å². The zero-order valence-electron chi connectivity index (χ0n) is 64.1. The molecule has 6 rings (SSSR count). The molecule has 10 nitrogen and oxygen atoms in total. The summed E-state index contributed by atoms with van der Waals surface area (Å²) in [6, 6.07) is 56.1. The van der Waals surface area contributed by atoms with Crippen LogP contribution in [0.15, 0.2) is 158 Å². The number of para-hydroxylation sites is 2. The molecule has 6 aromatic carbocycles. The number of carbonyl (C=O) groups excluding carboxylic acids is 4. The summed E-state index contributed by atoms with van der Waals surface area (Å²) in [4.78, 5) is 32.5. The monoisotopic (exact) mass is 1410 g/mol. The van der Waals surface area contributed by atoms with E-state index in [1.807, 2.05) is 6.92 Å². The lowest BCUT2D eigenvalue weighted by molar-refractivity contribution is -0.193. The van der Waals surface area contributed by atoms with Crippen molar-refractivity contribution in [2.24, 2.45) is 11.8 Å². The minimum Gasteiger partial charge on any atom is -0.488 e. The predicted octanol–water partition coefficient (Wildman–Crippen LogP) is 17.2. The number of rotatable bonds is 22. The zero-order valence-corrected chi connectivity index (χ0v) is 69.1. The average Bonchev–Trinajstić information content (AvgIpc) is 0.756. The Morgan fingerprint density at radius 2 is 0.670 bits per heavy atom. The molecule has 530 valence electrons. The van der Waals surface area contributed by atoms with Gasteiger partial charge in [0.2, 0.25) is 0 Å². The second kappa shape index (κ2) is 42.6. The van der Waals surface area contributed by atoms with Crippen molar-refractivity contribution in [2.45, 2.75) is 223 Å². The minimum absolute atomic E-state index is 0.00392. The summed E-state index contributed by atoms with van der Waals surface area (Å²) < 4.78 is 33.5. The molecular formula is C82H122O10Si5. The quantitative estimate of drug-likeness (QED) is 0.0517. The first-order valence-electron chi connectivity index (χ1n) is 34.6. The standard InChI is InChI=1S/C35H52O3Si2.C29H38O3Si.2C8H16Si.2CO2/c1-11-29-19-18-20-30(33(29)38-28(2)27-37-39(9,10)34(3,4)5)25-26-36-40(35(6,7)8,31-21-14-12-15-22-31)32-23-16-13-17-24-32;1-6-24-14-13-15-25(28(24)32-23(2)22-30)20-21-31-33(29(3,4)5,26-16-9-7-10-17-26)27-18-11-8-12-19-27;2*1-8(2)6-7-9(3,4)5;2*2-1-3/h12-24,28H,11,25-27H2,1-10H3;7-19,23,30H,6,20-22H2,1-5H3;2*8H,1-5H3;;. The fourth-order valence-corrected chi connectivity index (χ4v) is 22.1. The van der Waals surface area contributed by atoms with E-state index in [0.29, 0.717) is 31.7 Å². The van der Waals surface area contributed by atoms with Crippen molar-refractivity contribution in [3.63, 3.8) is 0 Å². The van der Waals surface area contributed by atoms with Crippen molar-refractivity contribution < 1.29 is 47.0 Å². The molecule has 2 atom stereocenters. The van der Waals surface area contributed by atoms with Crippen LogP contribution in [-0.2, 0) is 58.1 Å². The maximum Gasteiger partial charge on any atom is 0.373 e. The Bertz CT molecular complexity index is 3250. The van der Waals surface area contributed by atoms with E-state index >= 15 is 0 Å². The van der Waals surface area contributed by atoms with Gasteiger partial charge in [0.25, 0.3) is 16.6 Å². The van der Waals surface area contributed by atoms with E-state index in [1.165, 1.54) is 37.4 Å². The molecule has 1 N–H and O–H groups in total. The Balaban J connectivity index is 0.000000731. The Morgan fingerprint density at radius 1 is 0.392 bits per heavy atom. The normalized spacial score (nSPS) is 12.3. The molecule has 0 bridgehead atoms. The molecule has 6 aromatic rings. The van der Waals surface area contributed by atoms with Crippen LogP contribution in [0.1, 0.15) is 140 Å². The second-order valence-electron chi connectivity index (χ2n) is 30.7. The lowest BCUT2D eigenvalue weighted by Crippen LogP contribution is -2.66. The van der Waals surface area contributed by atoms with Gasteiger partial charge in [0.1, 0.15) is 39.9 Å². The number of benzene rings is 6. The number of aryl methyl sites for hydroxylation is 2. The summed E-state index contributed by atoms with van der Waals surface area (Å²) in [5.41, 5.74) is 11.4. The van der Waals surface area contributed by atoms with Gasteiger partial charge in [0, 0.05) is 25.0 Å². The first-order chi connectivity index (χ1) is 45.2. The lowest BCUT2D eigenvalue weighted by atomic mass is 10.0. The maximum absolute atomic E-state index is 9.53. The number of aliphatic hydroxyl groups is 1. The van der Waals surface area contributed by atoms with Crippen LogP contribution in [0.3, 0.4) is 0 Å². The van der Waals surface area contributed by atoms with Crippen molar-refractivity contribution in [3.8, 4) is 34.4 Å². The first kappa shape index (κ1) is 88.7. The van der Waals surface area contributed by atoms with Crippen LogP contribution in [0.4, 0.5) is 0 Å². The van der Waals surface area contributed by atoms with Gasteiger partial charge in [-0.1, -0.05) is 301 Å². The van der Waals surface area contributed by atoms with Gasteiger partial charge in [-0.05, 0) is 111 Å². The third kappa shape index (κ3) is 30.4. The number of hydrogen-bond donors (Lipinski definition) is 1. The van der Waals surface area contributed by atoms with Gasteiger partial charge in [-0.3, -0.25) is 0 Å². The van der Waals surface area contributed by atoms with Gasteiger partial charge >= 0.3 is 12.3 Å². The third-order valence-corrected chi connectivity index (χ3v) is 32.6. The van der Waals surface area contributed by atoms with E-state index in [1.54, 1.807) is 0 Å². The van der Waals surface area contributed by atoms with Crippen LogP contribution in [0.25, 0.3) is 0 Å². The second-order valence-corrected chi connectivity index (χ2v) is 53.6. The van der Waals surface area contributed by atoms with E-state index < -0.39 is 41.1 Å². The minimum atomic E-state index is -2.58. The molecule has 0 aliphatic rings. The molecule has 0 heterocycles. The summed E-state index contributed by atoms with van der Waals surface area (Å²) in [6.07, 6.45) is 3.59. The summed E-state index contributed by atoms with van der Waals surface area (Å²) in [5, 5.41) is 14.8. The fourth-order valence-electron chi connectivity index (χ4n) is 10.4. The zero-order chi connectivity index (χ0) is 73.9. The summed E-state index contributed by atoms with van der Waals surface area (Å²) >= 11 is 0. The molecule has 0 amide bonds. The van der Waals surface area contributed by atoms with Crippen LogP contribution in [0.2, 0.25) is 67.5 Å². The van der Waals surface area contributed by atoms with Gasteiger partial charge in [0.15, 0.2) is 8.32 Å². The molecule has 2 unspecified atom stereocenters. The molecule has 0 saturated heterocycles. The van der Waals surface area contributed by atoms with Gasteiger partial charge in [-0.15, -0.1) is 22.9 Å². The molecule has 97 heavy (non-hydrogen) atoms. The van der Waals surface area contributed by atoms with E-state index in [9.17, 15) is 5.11 Å². The average molecular weight is 1410 g/mol. The van der Waals surface area contributed by atoms with E-state index in [-0.39, 0.29) is 46.2 Å². The third-order valence-electron chi connectivity index (χ3n) is 16.2. The number of hydrogen-bond acceptors (Lipinski definition) is 10. The van der Waals surface area contributed by atoms with Crippen LogP contribution >= 0.6 is 0 Å². The van der Waals surface area contributed by atoms with Crippen LogP contribution in [0, 0.1) is 34.8 Å². The Morgan fingerprint density at radius 3 is 0.897 bits per heavy atom. The molecule has 15 heteroatoms. The highest BCUT2D eigenvalue weighted by molar-refractivity contribution is 7.00. The molecule has 0 fully saturated rings.